The van der Waals surface area contributed by atoms with Crippen molar-refractivity contribution in [3.8, 4) is 0 Å². The Kier molecular flexibility index (Phi) is 9.25. The quantitative estimate of drug-likeness (QED) is 0.422. The number of para-hydroxylation sites is 2. The number of hydrogen-bond donors (Lipinski definition) is 1. The van der Waals surface area contributed by atoms with Crippen molar-refractivity contribution in [2.45, 2.75) is 78.4 Å². The number of aryl methyl sites for hydroxylation is 1. The van der Waals surface area contributed by atoms with E-state index in [1.54, 1.807) is 0 Å². The largest absolute Gasteiger partial charge is 0.356 e. The summed E-state index contributed by atoms with van der Waals surface area (Å²) in [5, 5.41) is 3.02. The summed E-state index contributed by atoms with van der Waals surface area (Å²) in [6.45, 7) is 9.21. The van der Waals surface area contributed by atoms with Gasteiger partial charge in [0.05, 0.1) is 11.0 Å². The molecule has 0 radical (unpaired) electrons. The number of carbonyl (C=O) groups is 2. The van der Waals surface area contributed by atoms with Gasteiger partial charge in [-0.2, -0.15) is 0 Å². The van der Waals surface area contributed by atoms with Gasteiger partial charge in [-0.05, 0) is 50.8 Å². The van der Waals surface area contributed by atoms with Gasteiger partial charge in [0.25, 0.3) is 0 Å². The average molecular weight is 463 g/mol. The van der Waals surface area contributed by atoms with E-state index in [-0.39, 0.29) is 30.4 Å². The van der Waals surface area contributed by atoms with Gasteiger partial charge in [0.1, 0.15) is 12.4 Å². The lowest BCUT2D eigenvalue weighted by molar-refractivity contribution is -0.136. The zero-order chi connectivity index (χ0) is 24.5. The lowest BCUT2D eigenvalue weighted by atomic mass is 10.1. The molecule has 6 nitrogen and oxygen atoms in total. The Balaban J connectivity index is 1.68. The Labute approximate surface area is 203 Å². The predicted molar refractivity (Wildman–Crippen MR) is 138 cm³/mol. The highest BCUT2D eigenvalue weighted by Crippen LogP contribution is 2.19. The van der Waals surface area contributed by atoms with Crippen LogP contribution < -0.4 is 5.32 Å². The van der Waals surface area contributed by atoms with Crippen LogP contribution >= 0.6 is 0 Å². The molecule has 2 unspecified atom stereocenters. The third-order valence-electron chi connectivity index (χ3n) is 6.60. The molecule has 1 aromatic heterocycles. The number of rotatable bonds is 12. The Morgan fingerprint density at radius 2 is 1.59 bits per heavy atom. The molecule has 1 heterocycles. The highest BCUT2D eigenvalue weighted by atomic mass is 16.2. The first-order chi connectivity index (χ1) is 16.4. The molecule has 182 valence electrons. The highest BCUT2D eigenvalue weighted by molar-refractivity contribution is 5.81. The van der Waals surface area contributed by atoms with Crippen molar-refractivity contribution in [2.75, 3.05) is 6.54 Å². The lowest BCUT2D eigenvalue weighted by Crippen LogP contribution is -2.46. The van der Waals surface area contributed by atoms with Crippen LogP contribution in [0.4, 0.5) is 0 Å². The molecule has 0 saturated carbocycles. The van der Waals surface area contributed by atoms with Gasteiger partial charge in [-0.15, -0.1) is 0 Å². The zero-order valence-corrected chi connectivity index (χ0v) is 21.0. The second-order valence-corrected chi connectivity index (χ2v) is 9.00. The summed E-state index contributed by atoms with van der Waals surface area (Å²) >= 11 is 0. The SMILES string of the molecule is CCC(C)N(C(=O)Cn1c(CCNC(=O)CCc2ccccc2)nc2ccccc21)C(C)CC. The van der Waals surface area contributed by atoms with Crippen molar-refractivity contribution in [3.05, 3.63) is 66.0 Å². The zero-order valence-electron chi connectivity index (χ0n) is 21.0. The van der Waals surface area contributed by atoms with Crippen molar-refractivity contribution >= 4 is 22.8 Å². The fourth-order valence-corrected chi connectivity index (χ4v) is 4.33. The third-order valence-corrected chi connectivity index (χ3v) is 6.60. The van der Waals surface area contributed by atoms with Crippen molar-refractivity contribution < 1.29 is 9.59 Å². The molecule has 3 rings (SSSR count). The van der Waals surface area contributed by atoms with Crippen LogP contribution in [0.25, 0.3) is 11.0 Å². The summed E-state index contributed by atoms with van der Waals surface area (Å²) < 4.78 is 2.02. The number of carbonyl (C=O) groups excluding carboxylic acids is 2. The molecule has 0 aliphatic carbocycles. The number of aromatic nitrogens is 2. The van der Waals surface area contributed by atoms with Crippen LogP contribution in [0.2, 0.25) is 0 Å². The monoisotopic (exact) mass is 462 g/mol. The van der Waals surface area contributed by atoms with Crippen LogP contribution in [-0.2, 0) is 29.0 Å². The van der Waals surface area contributed by atoms with Gasteiger partial charge in [-0.25, -0.2) is 4.98 Å². The van der Waals surface area contributed by atoms with Gasteiger partial charge in [-0.1, -0.05) is 56.3 Å². The van der Waals surface area contributed by atoms with Crippen molar-refractivity contribution in [1.29, 1.82) is 0 Å². The molecule has 0 aliphatic rings. The molecular formula is C28H38N4O2. The molecule has 2 aromatic carbocycles. The lowest BCUT2D eigenvalue weighted by Gasteiger charge is -2.34. The Morgan fingerprint density at radius 1 is 0.941 bits per heavy atom. The molecule has 3 aromatic rings. The maximum atomic E-state index is 13.4. The summed E-state index contributed by atoms with van der Waals surface area (Å²) in [4.78, 5) is 32.6. The molecule has 0 saturated heterocycles. The average Bonchev–Trinajstić information content (AvgIpc) is 3.20. The van der Waals surface area contributed by atoms with Gasteiger partial charge in [-0.3, -0.25) is 9.59 Å². The topological polar surface area (TPSA) is 67.2 Å². The number of fused-ring (bicyclic) bond motifs is 1. The summed E-state index contributed by atoms with van der Waals surface area (Å²) in [5.74, 6) is 0.966. The van der Waals surface area contributed by atoms with E-state index in [4.69, 9.17) is 4.98 Å². The first-order valence-electron chi connectivity index (χ1n) is 12.5. The van der Waals surface area contributed by atoms with Gasteiger partial charge in [0.15, 0.2) is 0 Å². The second kappa shape index (κ2) is 12.4. The highest BCUT2D eigenvalue weighted by Gasteiger charge is 2.25. The van der Waals surface area contributed by atoms with E-state index < -0.39 is 0 Å². The van der Waals surface area contributed by atoms with Gasteiger partial charge in [0.2, 0.25) is 11.8 Å². The fourth-order valence-electron chi connectivity index (χ4n) is 4.33. The number of imidazole rings is 1. The minimum atomic E-state index is 0.0299. The number of hydrogen-bond acceptors (Lipinski definition) is 3. The molecule has 34 heavy (non-hydrogen) atoms. The van der Waals surface area contributed by atoms with Crippen LogP contribution in [-0.4, -0.2) is 44.9 Å². The molecular weight excluding hydrogens is 424 g/mol. The van der Waals surface area contributed by atoms with Crippen molar-refractivity contribution in [1.82, 2.24) is 19.8 Å². The van der Waals surface area contributed by atoms with E-state index in [0.717, 1.165) is 41.7 Å². The maximum absolute atomic E-state index is 13.4. The molecule has 1 N–H and O–H groups in total. The van der Waals surface area contributed by atoms with Crippen molar-refractivity contribution in [3.63, 3.8) is 0 Å². The number of amides is 2. The maximum Gasteiger partial charge on any atom is 0.243 e. The third kappa shape index (κ3) is 6.46. The number of nitrogens with one attached hydrogen (secondary N) is 1. The molecule has 0 aliphatic heterocycles. The van der Waals surface area contributed by atoms with Crippen LogP contribution in [0, 0.1) is 0 Å². The predicted octanol–water partition coefficient (Wildman–Crippen LogP) is 4.75. The molecule has 0 spiro atoms. The first kappa shape index (κ1) is 25.5. The molecule has 6 heteroatoms. The van der Waals surface area contributed by atoms with Gasteiger partial charge < -0.3 is 14.8 Å². The number of nitrogens with zero attached hydrogens (tertiary/aromatic N) is 3. The minimum absolute atomic E-state index is 0.0299. The van der Waals surface area contributed by atoms with Crippen LogP contribution in [0.15, 0.2) is 54.6 Å². The minimum Gasteiger partial charge on any atom is -0.356 e. The first-order valence-corrected chi connectivity index (χ1v) is 12.5. The van der Waals surface area contributed by atoms with Crippen LogP contribution in [0.1, 0.15) is 58.3 Å². The standard InChI is InChI=1S/C28H38N4O2/c1-5-21(3)32(22(4)6-2)28(34)20-31-25-15-11-10-14-24(25)30-26(31)18-19-29-27(33)17-16-23-12-8-7-9-13-23/h7-15,21-22H,5-6,16-20H2,1-4H3,(H,29,33). The van der Waals surface area contributed by atoms with Crippen LogP contribution in [0.3, 0.4) is 0 Å². The van der Waals surface area contributed by atoms with E-state index in [1.165, 1.54) is 0 Å². The normalized spacial score (nSPS) is 12.9. The smallest absolute Gasteiger partial charge is 0.243 e. The summed E-state index contributed by atoms with van der Waals surface area (Å²) in [6, 6.07) is 18.3. The molecule has 2 amide bonds. The summed E-state index contributed by atoms with van der Waals surface area (Å²) in [7, 11) is 0. The fraction of sp³-hybridized carbons (Fsp3) is 0.464. The van der Waals surface area contributed by atoms with E-state index in [0.29, 0.717) is 19.4 Å². The van der Waals surface area contributed by atoms with Gasteiger partial charge in [0, 0.05) is 31.5 Å². The molecule has 0 fully saturated rings. The van der Waals surface area contributed by atoms with E-state index in [1.807, 2.05) is 64.1 Å². The molecule has 0 bridgehead atoms. The van der Waals surface area contributed by atoms with E-state index in [9.17, 15) is 9.59 Å². The van der Waals surface area contributed by atoms with Crippen LogP contribution in [0.5, 0.6) is 0 Å². The Morgan fingerprint density at radius 3 is 2.26 bits per heavy atom. The van der Waals surface area contributed by atoms with Gasteiger partial charge >= 0.3 is 0 Å². The Hall–Kier alpha value is -3.15. The Bertz CT molecular complexity index is 1070. The second-order valence-electron chi connectivity index (χ2n) is 9.00. The summed E-state index contributed by atoms with van der Waals surface area (Å²) in [5.41, 5.74) is 2.99. The van der Waals surface area contributed by atoms with E-state index in [2.05, 4.69) is 33.0 Å². The summed E-state index contributed by atoms with van der Waals surface area (Å²) in [6.07, 6.45) is 3.59. The molecule has 2 atom stereocenters. The van der Waals surface area contributed by atoms with E-state index >= 15 is 0 Å². The number of benzene rings is 2. The van der Waals surface area contributed by atoms with Crippen molar-refractivity contribution in [2.24, 2.45) is 0 Å².